The first-order chi connectivity index (χ1) is 11.7. The van der Waals surface area contributed by atoms with Crippen LogP contribution in [0.15, 0.2) is 18.2 Å². The van der Waals surface area contributed by atoms with Crippen molar-refractivity contribution >= 4 is 5.91 Å². The van der Waals surface area contributed by atoms with Gasteiger partial charge in [-0.25, -0.2) is 0 Å². The maximum atomic E-state index is 11.9. The number of carbonyl (C=O) groups is 1. The van der Waals surface area contributed by atoms with Gasteiger partial charge in [0.1, 0.15) is 11.5 Å². The average Bonchev–Trinajstić information content (AvgIpc) is 3.40. The molecule has 1 aliphatic heterocycles. The number of rotatable bonds is 7. The quantitative estimate of drug-likeness (QED) is 0.810. The molecule has 1 aromatic carbocycles. The Morgan fingerprint density at radius 1 is 1.04 bits per heavy atom. The number of hydrogen-bond acceptors (Lipinski definition) is 5. The van der Waals surface area contributed by atoms with Gasteiger partial charge in [-0.05, 0) is 30.5 Å². The molecule has 0 radical (unpaired) electrons. The highest BCUT2D eigenvalue weighted by molar-refractivity contribution is 5.78. The van der Waals surface area contributed by atoms with Crippen LogP contribution in [0.4, 0.5) is 0 Å². The van der Waals surface area contributed by atoms with Crippen LogP contribution in [0.3, 0.4) is 0 Å². The van der Waals surface area contributed by atoms with Crippen molar-refractivity contribution in [3.05, 3.63) is 23.8 Å². The van der Waals surface area contributed by atoms with Gasteiger partial charge in [-0.1, -0.05) is 0 Å². The Hall–Kier alpha value is -1.79. The van der Waals surface area contributed by atoms with Crippen molar-refractivity contribution in [2.45, 2.75) is 25.4 Å². The van der Waals surface area contributed by atoms with Crippen molar-refractivity contribution in [3.63, 3.8) is 0 Å². The Morgan fingerprint density at radius 2 is 1.62 bits per heavy atom. The summed E-state index contributed by atoms with van der Waals surface area (Å²) in [5.74, 6) is 1.81. The number of nitrogens with one attached hydrogen (secondary N) is 1. The molecule has 1 aliphatic carbocycles. The fourth-order valence-electron chi connectivity index (χ4n) is 3.03. The van der Waals surface area contributed by atoms with Gasteiger partial charge in [-0.2, -0.15) is 0 Å². The van der Waals surface area contributed by atoms with Crippen molar-refractivity contribution in [1.29, 1.82) is 0 Å². The molecule has 24 heavy (non-hydrogen) atoms. The van der Waals surface area contributed by atoms with E-state index in [1.54, 1.807) is 14.2 Å². The molecule has 0 spiro atoms. The van der Waals surface area contributed by atoms with E-state index in [2.05, 4.69) is 27.2 Å². The fourth-order valence-corrected chi connectivity index (χ4v) is 3.03. The molecule has 6 nitrogen and oxygen atoms in total. The maximum absolute atomic E-state index is 11.9. The molecule has 132 valence electrons. The molecule has 1 heterocycles. The van der Waals surface area contributed by atoms with Gasteiger partial charge in [-0.15, -0.1) is 0 Å². The topological polar surface area (TPSA) is 54.0 Å². The van der Waals surface area contributed by atoms with E-state index in [1.807, 2.05) is 6.07 Å². The SMILES string of the molecule is COc1cc(CN2CCN(CC(=O)NC3CC3)CC2)cc(OC)c1. The van der Waals surface area contributed by atoms with E-state index < -0.39 is 0 Å². The van der Waals surface area contributed by atoms with Crippen molar-refractivity contribution < 1.29 is 14.3 Å². The van der Waals surface area contributed by atoms with E-state index in [4.69, 9.17) is 9.47 Å². The summed E-state index contributed by atoms with van der Waals surface area (Å²) in [7, 11) is 3.34. The van der Waals surface area contributed by atoms with Gasteiger partial charge in [0.25, 0.3) is 0 Å². The fraction of sp³-hybridized carbons (Fsp3) is 0.611. The second-order valence-corrected chi connectivity index (χ2v) is 6.61. The molecule has 0 unspecified atom stereocenters. The molecule has 2 aliphatic rings. The Kier molecular flexibility index (Phi) is 5.58. The van der Waals surface area contributed by atoms with Gasteiger partial charge >= 0.3 is 0 Å². The third-order valence-corrected chi connectivity index (χ3v) is 4.59. The Morgan fingerprint density at radius 3 is 2.17 bits per heavy atom. The summed E-state index contributed by atoms with van der Waals surface area (Å²) < 4.78 is 10.7. The third-order valence-electron chi connectivity index (χ3n) is 4.59. The summed E-state index contributed by atoms with van der Waals surface area (Å²) in [5.41, 5.74) is 1.19. The second kappa shape index (κ2) is 7.85. The standard InChI is InChI=1S/C18H27N3O3/c1-23-16-9-14(10-17(11-16)24-2)12-20-5-7-21(8-6-20)13-18(22)19-15-3-4-15/h9-11,15H,3-8,12-13H2,1-2H3,(H,19,22). The molecule has 0 aromatic heterocycles. The third kappa shape index (κ3) is 4.85. The van der Waals surface area contributed by atoms with Crippen LogP contribution in [-0.2, 0) is 11.3 Å². The van der Waals surface area contributed by atoms with Crippen molar-refractivity contribution in [2.75, 3.05) is 46.9 Å². The summed E-state index contributed by atoms with van der Waals surface area (Å²) in [6.45, 7) is 5.19. The summed E-state index contributed by atoms with van der Waals surface area (Å²) in [6, 6.07) is 6.44. The minimum Gasteiger partial charge on any atom is -0.497 e. The molecule has 1 N–H and O–H groups in total. The molecular formula is C18H27N3O3. The number of nitrogens with zero attached hydrogens (tertiary/aromatic N) is 2. The lowest BCUT2D eigenvalue weighted by Gasteiger charge is -2.34. The van der Waals surface area contributed by atoms with Crippen molar-refractivity contribution in [1.82, 2.24) is 15.1 Å². The molecule has 1 saturated carbocycles. The van der Waals surface area contributed by atoms with Gasteiger partial charge in [0, 0.05) is 44.8 Å². The van der Waals surface area contributed by atoms with Crippen LogP contribution >= 0.6 is 0 Å². The first kappa shape index (κ1) is 17.0. The summed E-state index contributed by atoms with van der Waals surface area (Å²) in [6.07, 6.45) is 2.28. The lowest BCUT2D eigenvalue weighted by Crippen LogP contribution is -2.49. The zero-order chi connectivity index (χ0) is 16.9. The van der Waals surface area contributed by atoms with E-state index in [0.717, 1.165) is 57.1 Å². The predicted octanol–water partition coefficient (Wildman–Crippen LogP) is 1.10. The van der Waals surface area contributed by atoms with Crippen molar-refractivity contribution in [3.8, 4) is 11.5 Å². The largest absolute Gasteiger partial charge is 0.497 e. The Bertz CT molecular complexity index is 544. The minimum absolute atomic E-state index is 0.170. The second-order valence-electron chi connectivity index (χ2n) is 6.61. The van der Waals surface area contributed by atoms with E-state index in [1.165, 1.54) is 5.56 Å². The highest BCUT2D eigenvalue weighted by Gasteiger charge is 2.25. The van der Waals surface area contributed by atoms with E-state index in [0.29, 0.717) is 12.6 Å². The van der Waals surface area contributed by atoms with Gasteiger partial charge in [0.2, 0.25) is 5.91 Å². The smallest absolute Gasteiger partial charge is 0.234 e. The zero-order valence-corrected chi connectivity index (χ0v) is 14.6. The highest BCUT2D eigenvalue weighted by Crippen LogP contribution is 2.23. The molecule has 1 amide bonds. The highest BCUT2D eigenvalue weighted by atomic mass is 16.5. The van der Waals surface area contributed by atoms with Crippen LogP contribution in [0, 0.1) is 0 Å². The molecule has 2 fully saturated rings. The summed E-state index contributed by atoms with van der Waals surface area (Å²) in [5, 5.41) is 3.06. The maximum Gasteiger partial charge on any atom is 0.234 e. The van der Waals surface area contributed by atoms with E-state index in [-0.39, 0.29) is 5.91 Å². The van der Waals surface area contributed by atoms with Crippen LogP contribution in [0.2, 0.25) is 0 Å². The molecule has 1 aromatic rings. The van der Waals surface area contributed by atoms with E-state index in [9.17, 15) is 4.79 Å². The van der Waals surface area contributed by atoms with Gasteiger partial charge in [-0.3, -0.25) is 14.6 Å². The predicted molar refractivity (Wildman–Crippen MR) is 92.4 cm³/mol. The van der Waals surface area contributed by atoms with Crippen LogP contribution in [0.5, 0.6) is 11.5 Å². The molecule has 6 heteroatoms. The van der Waals surface area contributed by atoms with Gasteiger partial charge < -0.3 is 14.8 Å². The van der Waals surface area contributed by atoms with E-state index >= 15 is 0 Å². The lowest BCUT2D eigenvalue weighted by molar-refractivity contribution is -0.122. The number of carbonyl (C=O) groups excluding carboxylic acids is 1. The molecule has 0 bridgehead atoms. The number of amides is 1. The Labute approximate surface area is 143 Å². The number of methoxy groups -OCH3 is 2. The summed E-state index contributed by atoms with van der Waals surface area (Å²) in [4.78, 5) is 16.5. The number of benzene rings is 1. The molecular weight excluding hydrogens is 306 g/mol. The number of piperazine rings is 1. The molecule has 1 saturated heterocycles. The monoisotopic (exact) mass is 333 g/mol. The molecule has 3 rings (SSSR count). The van der Waals surface area contributed by atoms with Crippen LogP contribution in [0.25, 0.3) is 0 Å². The van der Waals surface area contributed by atoms with Crippen LogP contribution in [-0.4, -0.2) is 68.7 Å². The van der Waals surface area contributed by atoms with Crippen LogP contribution < -0.4 is 14.8 Å². The zero-order valence-electron chi connectivity index (χ0n) is 14.6. The normalized spacial score (nSPS) is 19.1. The van der Waals surface area contributed by atoms with Gasteiger partial charge in [0.05, 0.1) is 20.8 Å². The van der Waals surface area contributed by atoms with Crippen molar-refractivity contribution in [2.24, 2.45) is 0 Å². The minimum atomic E-state index is 0.170. The number of ether oxygens (including phenoxy) is 2. The molecule has 0 atom stereocenters. The Balaban J connectivity index is 1.47. The average molecular weight is 333 g/mol. The first-order valence-electron chi connectivity index (χ1n) is 8.62. The van der Waals surface area contributed by atoms with Crippen LogP contribution in [0.1, 0.15) is 18.4 Å². The first-order valence-corrected chi connectivity index (χ1v) is 8.62. The number of hydrogen-bond donors (Lipinski definition) is 1. The van der Waals surface area contributed by atoms with Gasteiger partial charge in [0.15, 0.2) is 0 Å². The summed E-state index contributed by atoms with van der Waals surface area (Å²) >= 11 is 0. The lowest BCUT2D eigenvalue weighted by atomic mass is 10.1.